The minimum atomic E-state index is 0.0869. The molecule has 7 nitrogen and oxygen atoms in total. The van der Waals surface area contributed by atoms with Crippen molar-refractivity contribution in [2.45, 2.75) is 26.3 Å². The molecular weight excluding hydrogens is 318 g/mol. The number of aromatic amines is 1. The molecule has 0 bridgehead atoms. The van der Waals surface area contributed by atoms with Crippen LogP contribution in [0, 0.1) is 6.92 Å². The molecule has 7 heteroatoms. The Morgan fingerprint density at radius 3 is 2.88 bits per heavy atom. The molecule has 130 valence electrons. The first-order chi connectivity index (χ1) is 12.1. The van der Waals surface area contributed by atoms with Crippen molar-refractivity contribution >= 4 is 0 Å². The lowest BCUT2D eigenvalue weighted by Gasteiger charge is -2.17. The minimum absolute atomic E-state index is 0.0869. The third kappa shape index (κ3) is 3.02. The van der Waals surface area contributed by atoms with Gasteiger partial charge >= 0.3 is 0 Å². The molecule has 0 radical (unpaired) electrons. The summed E-state index contributed by atoms with van der Waals surface area (Å²) in [5, 5.41) is 6.85. The summed E-state index contributed by atoms with van der Waals surface area (Å²) in [6.07, 6.45) is 3.23. The fraction of sp³-hybridized carbons (Fsp3) is 0.389. The summed E-state index contributed by atoms with van der Waals surface area (Å²) < 4.78 is 7.55. The lowest BCUT2D eigenvalue weighted by Crippen LogP contribution is -2.27. The van der Waals surface area contributed by atoms with E-state index in [1.807, 2.05) is 25.1 Å². The highest BCUT2D eigenvalue weighted by Gasteiger charge is 2.20. The highest BCUT2D eigenvalue weighted by atomic mass is 16.3. The van der Waals surface area contributed by atoms with Crippen molar-refractivity contribution in [3.05, 3.63) is 57.6 Å². The van der Waals surface area contributed by atoms with Crippen molar-refractivity contribution in [3.8, 4) is 11.5 Å². The zero-order chi connectivity index (χ0) is 17.4. The van der Waals surface area contributed by atoms with Gasteiger partial charge in [-0.2, -0.15) is 5.10 Å². The van der Waals surface area contributed by atoms with E-state index in [1.54, 1.807) is 17.8 Å². The van der Waals surface area contributed by atoms with Gasteiger partial charge in [0.1, 0.15) is 17.3 Å². The molecule has 1 N–H and O–H groups in total. The van der Waals surface area contributed by atoms with Gasteiger partial charge in [-0.25, -0.2) is 4.98 Å². The largest absolute Gasteiger partial charge is 0.458 e. The SMILES string of the molecule is Cc1nc2c(c(=O)n1C)CCN(Cc1ccc(-c3ccn[nH]3)o1)CC2. The monoisotopic (exact) mass is 339 g/mol. The highest BCUT2D eigenvalue weighted by molar-refractivity contribution is 5.51. The van der Waals surface area contributed by atoms with Crippen LogP contribution in [0.3, 0.4) is 0 Å². The van der Waals surface area contributed by atoms with Crippen molar-refractivity contribution < 1.29 is 4.42 Å². The third-order valence-electron chi connectivity index (χ3n) is 4.84. The second-order valence-corrected chi connectivity index (χ2v) is 6.46. The standard InChI is InChI=1S/C18H21N5O2/c1-12-20-15-7-10-23(9-6-14(15)18(24)22(12)2)11-13-3-4-17(25-13)16-5-8-19-21-16/h3-5,8H,6-7,9-11H2,1-2H3,(H,19,21). The number of aromatic nitrogens is 4. The summed E-state index contributed by atoms with van der Waals surface area (Å²) in [6.45, 7) is 4.30. The predicted octanol–water partition coefficient (Wildman–Crippen LogP) is 1.67. The zero-order valence-corrected chi connectivity index (χ0v) is 14.5. The van der Waals surface area contributed by atoms with Gasteiger partial charge in [0.15, 0.2) is 5.76 Å². The number of nitrogens with one attached hydrogen (secondary N) is 1. The van der Waals surface area contributed by atoms with Crippen molar-refractivity contribution in [3.63, 3.8) is 0 Å². The van der Waals surface area contributed by atoms with Crippen LogP contribution in [-0.2, 0) is 26.4 Å². The molecule has 0 aromatic carbocycles. The van der Waals surface area contributed by atoms with Crippen molar-refractivity contribution in [2.24, 2.45) is 7.05 Å². The summed E-state index contributed by atoms with van der Waals surface area (Å²) in [5.74, 6) is 2.47. The summed E-state index contributed by atoms with van der Waals surface area (Å²) in [5.41, 5.74) is 2.76. The van der Waals surface area contributed by atoms with Gasteiger partial charge in [0.2, 0.25) is 0 Å². The van der Waals surface area contributed by atoms with E-state index in [1.165, 1.54) is 0 Å². The maximum atomic E-state index is 12.5. The zero-order valence-electron chi connectivity index (χ0n) is 14.5. The first kappa shape index (κ1) is 15.8. The first-order valence-corrected chi connectivity index (χ1v) is 8.48. The van der Waals surface area contributed by atoms with Crippen LogP contribution in [0.2, 0.25) is 0 Å². The van der Waals surface area contributed by atoms with Gasteiger partial charge in [-0.05, 0) is 31.5 Å². The lowest BCUT2D eigenvalue weighted by atomic mass is 10.1. The second kappa shape index (κ2) is 6.33. The van der Waals surface area contributed by atoms with Crippen LogP contribution >= 0.6 is 0 Å². The van der Waals surface area contributed by atoms with Gasteiger partial charge < -0.3 is 4.42 Å². The van der Waals surface area contributed by atoms with Gasteiger partial charge in [-0.15, -0.1) is 0 Å². The van der Waals surface area contributed by atoms with E-state index < -0.39 is 0 Å². The minimum Gasteiger partial charge on any atom is -0.458 e. The number of aryl methyl sites for hydroxylation is 1. The average Bonchev–Trinajstić information content (AvgIpc) is 3.24. The van der Waals surface area contributed by atoms with E-state index in [-0.39, 0.29) is 5.56 Å². The highest BCUT2D eigenvalue weighted by Crippen LogP contribution is 2.21. The molecule has 3 aromatic heterocycles. The maximum Gasteiger partial charge on any atom is 0.256 e. The van der Waals surface area contributed by atoms with E-state index in [9.17, 15) is 4.79 Å². The smallest absolute Gasteiger partial charge is 0.256 e. The normalized spacial score (nSPS) is 15.1. The van der Waals surface area contributed by atoms with Crippen LogP contribution in [0.1, 0.15) is 22.8 Å². The van der Waals surface area contributed by atoms with Crippen LogP contribution in [0.4, 0.5) is 0 Å². The Labute approximate surface area is 145 Å². The first-order valence-electron chi connectivity index (χ1n) is 8.48. The van der Waals surface area contributed by atoms with Crippen LogP contribution in [0.5, 0.6) is 0 Å². The molecule has 4 heterocycles. The predicted molar refractivity (Wildman–Crippen MR) is 93.2 cm³/mol. The fourth-order valence-electron chi connectivity index (χ4n) is 3.29. The van der Waals surface area contributed by atoms with Gasteiger partial charge in [0.25, 0.3) is 5.56 Å². The number of H-pyrrole nitrogens is 1. The van der Waals surface area contributed by atoms with E-state index in [0.717, 1.165) is 66.8 Å². The topological polar surface area (TPSA) is 80.0 Å². The molecule has 1 aliphatic heterocycles. The van der Waals surface area contributed by atoms with Gasteiger partial charge in [-0.1, -0.05) is 0 Å². The maximum absolute atomic E-state index is 12.5. The Bertz CT molecular complexity index is 939. The van der Waals surface area contributed by atoms with Crippen LogP contribution in [0.25, 0.3) is 11.5 Å². The number of rotatable bonds is 3. The van der Waals surface area contributed by atoms with E-state index in [0.29, 0.717) is 0 Å². The molecule has 3 aromatic rings. The summed E-state index contributed by atoms with van der Waals surface area (Å²) in [6, 6.07) is 5.83. The second-order valence-electron chi connectivity index (χ2n) is 6.46. The average molecular weight is 339 g/mol. The van der Waals surface area contributed by atoms with Crippen molar-refractivity contribution in [1.29, 1.82) is 0 Å². The number of nitrogens with zero attached hydrogens (tertiary/aromatic N) is 4. The van der Waals surface area contributed by atoms with Crippen LogP contribution in [0.15, 0.2) is 33.6 Å². The van der Waals surface area contributed by atoms with E-state index in [2.05, 4.69) is 20.1 Å². The van der Waals surface area contributed by atoms with E-state index >= 15 is 0 Å². The Morgan fingerprint density at radius 2 is 2.08 bits per heavy atom. The number of hydrogen-bond acceptors (Lipinski definition) is 5. The number of hydrogen-bond donors (Lipinski definition) is 1. The molecule has 0 saturated carbocycles. The van der Waals surface area contributed by atoms with Crippen molar-refractivity contribution in [1.82, 2.24) is 24.6 Å². The van der Waals surface area contributed by atoms with Gasteiger partial charge in [0, 0.05) is 38.3 Å². The molecule has 25 heavy (non-hydrogen) atoms. The molecule has 0 saturated heterocycles. The molecular formula is C18H21N5O2. The summed E-state index contributed by atoms with van der Waals surface area (Å²) in [7, 11) is 1.79. The Hall–Kier alpha value is -2.67. The molecule has 4 rings (SSSR count). The van der Waals surface area contributed by atoms with Crippen LogP contribution < -0.4 is 5.56 Å². The molecule has 0 spiro atoms. The lowest BCUT2D eigenvalue weighted by molar-refractivity contribution is 0.256. The van der Waals surface area contributed by atoms with Gasteiger partial charge in [0.05, 0.1) is 12.2 Å². The van der Waals surface area contributed by atoms with Crippen LogP contribution in [-0.4, -0.2) is 37.7 Å². The molecule has 1 aliphatic rings. The van der Waals surface area contributed by atoms with Gasteiger partial charge in [-0.3, -0.25) is 19.4 Å². The molecule has 0 atom stereocenters. The third-order valence-corrected chi connectivity index (χ3v) is 4.84. The Kier molecular flexibility index (Phi) is 4.01. The Balaban J connectivity index is 1.49. The number of furan rings is 1. The summed E-state index contributed by atoms with van der Waals surface area (Å²) in [4.78, 5) is 19.4. The van der Waals surface area contributed by atoms with E-state index in [4.69, 9.17) is 4.42 Å². The summed E-state index contributed by atoms with van der Waals surface area (Å²) >= 11 is 0. The quantitative estimate of drug-likeness (QED) is 0.785. The molecule has 0 amide bonds. The molecule has 0 unspecified atom stereocenters. The number of fused-ring (bicyclic) bond motifs is 1. The molecule has 0 fully saturated rings. The molecule has 0 aliphatic carbocycles. The van der Waals surface area contributed by atoms with Crippen molar-refractivity contribution in [2.75, 3.05) is 13.1 Å². The Morgan fingerprint density at radius 1 is 1.24 bits per heavy atom. The fourth-order valence-corrected chi connectivity index (χ4v) is 3.29.